The molecule has 4 heteroatoms. The third kappa shape index (κ3) is 2.39. The summed E-state index contributed by atoms with van der Waals surface area (Å²) in [6, 6.07) is 4.66. The highest BCUT2D eigenvalue weighted by Crippen LogP contribution is 2.45. The van der Waals surface area contributed by atoms with Crippen molar-refractivity contribution in [1.29, 1.82) is 0 Å². The van der Waals surface area contributed by atoms with E-state index in [9.17, 15) is 0 Å². The first kappa shape index (κ1) is 14.6. The van der Waals surface area contributed by atoms with Gasteiger partial charge in [0.2, 0.25) is 0 Å². The van der Waals surface area contributed by atoms with E-state index in [1.54, 1.807) is 0 Å². The van der Waals surface area contributed by atoms with E-state index >= 15 is 0 Å². The van der Waals surface area contributed by atoms with Crippen molar-refractivity contribution in [3.8, 4) is 5.75 Å². The van der Waals surface area contributed by atoms with Crippen molar-refractivity contribution in [3.05, 3.63) is 28.8 Å². The summed E-state index contributed by atoms with van der Waals surface area (Å²) >= 11 is 5.59. The Hall–Kier alpha value is -1.29. The van der Waals surface area contributed by atoms with Crippen LogP contribution in [0.5, 0.6) is 5.75 Å². The van der Waals surface area contributed by atoms with Crippen LogP contribution in [0, 0.1) is 19.8 Å². The molecule has 0 spiro atoms. The minimum absolute atomic E-state index is 0.258. The molecule has 1 N–H and O–H groups in total. The van der Waals surface area contributed by atoms with Crippen molar-refractivity contribution in [2.45, 2.75) is 52.8 Å². The molecule has 0 radical (unpaired) electrons. The maximum atomic E-state index is 6.41. The lowest BCUT2D eigenvalue weighted by molar-refractivity contribution is -0.0721. The molecule has 1 aromatic carbocycles. The first-order chi connectivity index (χ1) is 9.80. The number of fused-ring (bicyclic) bond motifs is 4. The van der Waals surface area contributed by atoms with Crippen LogP contribution in [0.15, 0.2) is 12.1 Å². The van der Waals surface area contributed by atoms with E-state index in [1.165, 1.54) is 16.7 Å². The van der Waals surface area contributed by atoms with Crippen LogP contribution in [0.25, 0.3) is 0 Å². The van der Waals surface area contributed by atoms with Crippen LogP contribution in [0.4, 0.5) is 0 Å². The van der Waals surface area contributed by atoms with Gasteiger partial charge in [-0.1, -0.05) is 19.9 Å². The van der Waals surface area contributed by atoms with Gasteiger partial charge in [-0.3, -0.25) is 0 Å². The van der Waals surface area contributed by atoms with Gasteiger partial charge >= 0.3 is 0 Å². The number of thiocarbonyl (C=S) groups is 1. The topological polar surface area (TPSA) is 24.5 Å². The molecular formula is C17H24N2OS. The quantitative estimate of drug-likeness (QED) is 0.842. The Labute approximate surface area is 132 Å². The van der Waals surface area contributed by atoms with Gasteiger partial charge in [0.05, 0.1) is 6.04 Å². The molecular weight excluding hydrogens is 280 g/mol. The number of hydrogen-bond donors (Lipinski definition) is 1. The van der Waals surface area contributed by atoms with Crippen molar-refractivity contribution in [2.75, 3.05) is 6.54 Å². The molecule has 2 atom stereocenters. The van der Waals surface area contributed by atoms with Crippen molar-refractivity contribution >= 4 is 17.3 Å². The molecule has 2 heterocycles. The number of hydrogen-bond acceptors (Lipinski definition) is 2. The largest absolute Gasteiger partial charge is 0.468 e. The highest BCUT2D eigenvalue weighted by molar-refractivity contribution is 7.80. The Kier molecular flexibility index (Phi) is 3.40. The number of nitrogens with zero attached hydrogens (tertiary/aromatic N) is 1. The predicted molar refractivity (Wildman–Crippen MR) is 89.6 cm³/mol. The second-order valence-electron chi connectivity index (χ2n) is 6.96. The van der Waals surface area contributed by atoms with E-state index in [-0.39, 0.29) is 11.8 Å². The summed E-state index contributed by atoms with van der Waals surface area (Å²) < 4.78 is 6.41. The van der Waals surface area contributed by atoms with Gasteiger partial charge in [0, 0.05) is 18.5 Å². The molecule has 2 aliphatic heterocycles. The van der Waals surface area contributed by atoms with Crippen LogP contribution in [0.1, 0.15) is 49.9 Å². The first-order valence-corrected chi connectivity index (χ1v) is 8.09. The van der Waals surface area contributed by atoms with Crippen LogP contribution in [-0.4, -0.2) is 22.3 Å². The molecule has 2 unspecified atom stereocenters. The number of nitrogens with one attached hydrogen (secondary N) is 1. The molecule has 2 aliphatic rings. The zero-order valence-electron chi connectivity index (χ0n) is 13.5. The van der Waals surface area contributed by atoms with Crippen molar-refractivity contribution in [1.82, 2.24) is 10.2 Å². The van der Waals surface area contributed by atoms with Gasteiger partial charge < -0.3 is 15.0 Å². The maximum absolute atomic E-state index is 6.41. The molecule has 1 saturated heterocycles. The Morgan fingerprint density at radius 3 is 2.71 bits per heavy atom. The first-order valence-electron chi connectivity index (χ1n) is 7.68. The van der Waals surface area contributed by atoms with Gasteiger partial charge in [-0.05, 0) is 56.1 Å². The molecule has 0 aliphatic carbocycles. The third-order valence-electron chi connectivity index (χ3n) is 4.58. The normalized spacial score (nSPS) is 27.2. The van der Waals surface area contributed by atoms with Gasteiger partial charge in [0.1, 0.15) is 5.75 Å². The van der Waals surface area contributed by atoms with Crippen LogP contribution < -0.4 is 10.1 Å². The Morgan fingerprint density at radius 1 is 1.38 bits per heavy atom. The molecule has 0 amide bonds. The van der Waals surface area contributed by atoms with Crippen LogP contribution in [0.2, 0.25) is 0 Å². The van der Waals surface area contributed by atoms with E-state index < -0.39 is 0 Å². The van der Waals surface area contributed by atoms with Crippen LogP contribution >= 0.6 is 12.2 Å². The number of benzene rings is 1. The molecule has 1 aromatic rings. The summed E-state index contributed by atoms with van der Waals surface area (Å²) in [6.07, 6.45) is 0.926. The lowest BCUT2D eigenvalue weighted by atomic mass is 9.88. The summed E-state index contributed by atoms with van der Waals surface area (Å²) in [6.45, 7) is 11.8. The van der Waals surface area contributed by atoms with Crippen molar-refractivity contribution < 1.29 is 4.74 Å². The van der Waals surface area contributed by atoms with Crippen molar-refractivity contribution in [3.63, 3.8) is 0 Å². The van der Waals surface area contributed by atoms with Gasteiger partial charge in [-0.15, -0.1) is 0 Å². The average Bonchev–Trinajstić information content (AvgIpc) is 2.37. The fourth-order valence-corrected chi connectivity index (χ4v) is 3.73. The molecule has 2 bridgehead atoms. The molecule has 21 heavy (non-hydrogen) atoms. The van der Waals surface area contributed by atoms with Gasteiger partial charge in [-0.2, -0.15) is 0 Å². The summed E-state index contributed by atoms with van der Waals surface area (Å²) in [5, 5.41) is 4.32. The van der Waals surface area contributed by atoms with Crippen LogP contribution in [0.3, 0.4) is 0 Å². The summed E-state index contributed by atoms with van der Waals surface area (Å²) in [5.74, 6) is 1.54. The van der Waals surface area contributed by atoms with Crippen molar-refractivity contribution in [2.24, 2.45) is 5.92 Å². The average molecular weight is 304 g/mol. The second kappa shape index (κ2) is 4.87. The van der Waals surface area contributed by atoms with E-state index in [4.69, 9.17) is 17.0 Å². The molecule has 0 aromatic heterocycles. The fraction of sp³-hybridized carbons (Fsp3) is 0.588. The van der Waals surface area contributed by atoms with Gasteiger partial charge in [-0.25, -0.2) is 0 Å². The Bertz CT molecular complexity index is 599. The predicted octanol–water partition coefficient (Wildman–Crippen LogP) is 3.69. The zero-order chi connectivity index (χ0) is 15.4. The molecule has 3 nitrogen and oxygen atoms in total. The molecule has 1 fully saturated rings. The van der Waals surface area contributed by atoms with E-state index in [0.29, 0.717) is 5.92 Å². The lowest BCUT2D eigenvalue weighted by Gasteiger charge is -2.53. The smallest absolute Gasteiger partial charge is 0.184 e. The Balaban J connectivity index is 2.03. The van der Waals surface area contributed by atoms with E-state index in [0.717, 1.165) is 23.8 Å². The molecule has 0 saturated carbocycles. The SMILES string of the molecule is Cc1cc2c(cc1C)C1CC(C)(O2)N(CC(C)C)C(=S)N1. The molecule has 3 rings (SSSR count). The number of ether oxygens (including phenoxy) is 1. The number of rotatable bonds is 2. The summed E-state index contributed by atoms with van der Waals surface area (Å²) in [4.78, 5) is 2.21. The number of aryl methyl sites for hydroxylation is 2. The van der Waals surface area contributed by atoms with Crippen LogP contribution in [-0.2, 0) is 0 Å². The monoisotopic (exact) mass is 304 g/mol. The second-order valence-corrected chi connectivity index (χ2v) is 7.35. The van der Waals surface area contributed by atoms with E-state index in [1.807, 2.05) is 0 Å². The minimum Gasteiger partial charge on any atom is -0.468 e. The Morgan fingerprint density at radius 2 is 2.05 bits per heavy atom. The zero-order valence-corrected chi connectivity index (χ0v) is 14.3. The molecule has 114 valence electrons. The summed E-state index contributed by atoms with van der Waals surface area (Å²) in [7, 11) is 0. The minimum atomic E-state index is -0.341. The van der Waals surface area contributed by atoms with E-state index in [2.05, 4.69) is 57.0 Å². The fourth-order valence-electron chi connectivity index (χ4n) is 3.32. The van der Waals surface area contributed by atoms with Gasteiger partial charge in [0.15, 0.2) is 10.8 Å². The highest BCUT2D eigenvalue weighted by atomic mass is 32.1. The van der Waals surface area contributed by atoms with Gasteiger partial charge in [0.25, 0.3) is 0 Å². The lowest BCUT2D eigenvalue weighted by Crippen LogP contribution is -2.65. The third-order valence-corrected chi connectivity index (χ3v) is 4.91. The maximum Gasteiger partial charge on any atom is 0.184 e. The summed E-state index contributed by atoms with van der Waals surface area (Å²) in [5.41, 5.74) is 3.47. The highest BCUT2D eigenvalue weighted by Gasteiger charge is 2.47. The standard InChI is InChI=1S/C17H24N2OS/c1-10(2)9-19-16(21)18-14-8-17(19,5)20-15-7-12(4)11(3)6-13(14)15/h6-7,10,14H,8-9H2,1-5H3,(H,18,21).